The molecule has 0 saturated heterocycles. The Kier molecular flexibility index (Phi) is 3.98. The standard InChI is InChI=1S/C16H20N2/c1-4-14-10-15(9-8-12(14)2)17-11-16-7-5-6-13(3)18-16/h5-10,17H,4,11H2,1-3H3. The predicted molar refractivity (Wildman–Crippen MR) is 76.9 cm³/mol. The van der Waals surface area contributed by atoms with Crippen LogP contribution in [0.4, 0.5) is 5.69 Å². The van der Waals surface area contributed by atoms with Crippen LogP contribution in [-0.4, -0.2) is 4.98 Å². The van der Waals surface area contributed by atoms with Crippen molar-refractivity contribution in [2.45, 2.75) is 33.7 Å². The van der Waals surface area contributed by atoms with Gasteiger partial charge in [0.05, 0.1) is 12.2 Å². The summed E-state index contributed by atoms with van der Waals surface area (Å²) in [7, 11) is 0. The third-order valence-electron chi connectivity index (χ3n) is 3.15. The van der Waals surface area contributed by atoms with Crippen LogP contribution in [0, 0.1) is 13.8 Å². The first-order valence-electron chi connectivity index (χ1n) is 6.45. The molecule has 0 bridgehead atoms. The monoisotopic (exact) mass is 240 g/mol. The number of aryl methyl sites for hydroxylation is 3. The lowest BCUT2D eigenvalue weighted by molar-refractivity contribution is 1.01. The Morgan fingerprint density at radius 1 is 1.11 bits per heavy atom. The van der Waals surface area contributed by atoms with Crippen LogP contribution in [-0.2, 0) is 13.0 Å². The molecule has 0 radical (unpaired) electrons. The third kappa shape index (κ3) is 3.10. The second-order valence-electron chi connectivity index (χ2n) is 4.62. The van der Waals surface area contributed by atoms with Gasteiger partial charge in [0, 0.05) is 11.4 Å². The van der Waals surface area contributed by atoms with Crippen molar-refractivity contribution in [3.8, 4) is 0 Å². The van der Waals surface area contributed by atoms with Gasteiger partial charge in [0.25, 0.3) is 0 Å². The second-order valence-corrected chi connectivity index (χ2v) is 4.62. The molecule has 0 atom stereocenters. The summed E-state index contributed by atoms with van der Waals surface area (Å²) in [6, 6.07) is 12.6. The van der Waals surface area contributed by atoms with Crippen LogP contribution in [0.2, 0.25) is 0 Å². The summed E-state index contributed by atoms with van der Waals surface area (Å²) in [4.78, 5) is 4.49. The minimum atomic E-state index is 0.772. The molecule has 0 spiro atoms. The molecule has 2 heteroatoms. The van der Waals surface area contributed by atoms with E-state index < -0.39 is 0 Å². The first-order chi connectivity index (χ1) is 8.69. The topological polar surface area (TPSA) is 24.9 Å². The fourth-order valence-electron chi connectivity index (χ4n) is 2.05. The molecule has 0 aliphatic carbocycles. The van der Waals surface area contributed by atoms with Gasteiger partial charge in [-0.05, 0) is 55.7 Å². The van der Waals surface area contributed by atoms with Crippen molar-refractivity contribution in [3.63, 3.8) is 0 Å². The molecule has 1 heterocycles. The zero-order valence-corrected chi connectivity index (χ0v) is 11.3. The Morgan fingerprint density at radius 2 is 1.94 bits per heavy atom. The number of aromatic nitrogens is 1. The molecule has 0 fully saturated rings. The summed E-state index contributed by atoms with van der Waals surface area (Å²) in [5.74, 6) is 0. The molecule has 18 heavy (non-hydrogen) atoms. The number of rotatable bonds is 4. The number of hydrogen-bond acceptors (Lipinski definition) is 2. The Balaban J connectivity index is 2.06. The van der Waals surface area contributed by atoms with Gasteiger partial charge >= 0.3 is 0 Å². The summed E-state index contributed by atoms with van der Waals surface area (Å²) in [6.07, 6.45) is 1.07. The van der Waals surface area contributed by atoms with E-state index in [1.54, 1.807) is 0 Å². The van der Waals surface area contributed by atoms with Gasteiger partial charge in [-0.2, -0.15) is 0 Å². The number of nitrogens with zero attached hydrogens (tertiary/aromatic N) is 1. The predicted octanol–water partition coefficient (Wildman–Crippen LogP) is 3.87. The molecule has 94 valence electrons. The molecular weight excluding hydrogens is 220 g/mol. The van der Waals surface area contributed by atoms with E-state index in [-0.39, 0.29) is 0 Å². The van der Waals surface area contributed by atoms with E-state index in [0.717, 1.165) is 24.4 Å². The van der Waals surface area contributed by atoms with Gasteiger partial charge in [-0.25, -0.2) is 0 Å². The van der Waals surface area contributed by atoms with Gasteiger partial charge in [0.15, 0.2) is 0 Å². The van der Waals surface area contributed by atoms with E-state index in [4.69, 9.17) is 0 Å². The third-order valence-corrected chi connectivity index (χ3v) is 3.15. The molecule has 0 amide bonds. The maximum Gasteiger partial charge on any atom is 0.0597 e. The van der Waals surface area contributed by atoms with Crippen LogP contribution >= 0.6 is 0 Å². The Morgan fingerprint density at radius 3 is 2.67 bits per heavy atom. The second kappa shape index (κ2) is 5.67. The van der Waals surface area contributed by atoms with Crippen LogP contribution in [0.25, 0.3) is 0 Å². The van der Waals surface area contributed by atoms with E-state index in [9.17, 15) is 0 Å². The summed E-state index contributed by atoms with van der Waals surface area (Å²) in [6.45, 7) is 7.14. The Bertz CT molecular complexity index is 532. The van der Waals surface area contributed by atoms with E-state index in [2.05, 4.69) is 48.4 Å². The highest BCUT2D eigenvalue weighted by Crippen LogP contribution is 2.16. The Labute approximate surface area is 109 Å². The lowest BCUT2D eigenvalue weighted by Gasteiger charge is -2.10. The van der Waals surface area contributed by atoms with Crippen LogP contribution in [0.5, 0.6) is 0 Å². The quantitative estimate of drug-likeness (QED) is 0.877. The number of nitrogens with one attached hydrogen (secondary N) is 1. The molecule has 1 N–H and O–H groups in total. The summed E-state index contributed by atoms with van der Waals surface area (Å²) < 4.78 is 0. The minimum Gasteiger partial charge on any atom is -0.379 e. The maximum absolute atomic E-state index is 4.49. The molecule has 0 aliphatic rings. The average molecular weight is 240 g/mol. The molecule has 1 aromatic heterocycles. The zero-order chi connectivity index (χ0) is 13.0. The highest BCUT2D eigenvalue weighted by molar-refractivity contribution is 5.48. The van der Waals surface area contributed by atoms with Gasteiger partial charge in [0.1, 0.15) is 0 Å². The van der Waals surface area contributed by atoms with Gasteiger partial charge in [-0.1, -0.05) is 19.1 Å². The molecular formula is C16H20N2. The van der Waals surface area contributed by atoms with Crippen molar-refractivity contribution in [1.82, 2.24) is 4.98 Å². The van der Waals surface area contributed by atoms with E-state index >= 15 is 0 Å². The van der Waals surface area contributed by atoms with Crippen molar-refractivity contribution in [1.29, 1.82) is 0 Å². The number of pyridine rings is 1. The first-order valence-corrected chi connectivity index (χ1v) is 6.45. The zero-order valence-electron chi connectivity index (χ0n) is 11.3. The van der Waals surface area contributed by atoms with Crippen molar-refractivity contribution in [2.75, 3.05) is 5.32 Å². The largest absolute Gasteiger partial charge is 0.379 e. The number of anilines is 1. The maximum atomic E-state index is 4.49. The van der Waals surface area contributed by atoms with E-state index in [0.29, 0.717) is 0 Å². The highest BCUT2D eigenvalue weighted by atomic mass is 14.9. The molecule has 0 unspecified atom stereocenters. The van der Waals surface area contributed by atoms with Gasteiger partial charge in [-0.15, -0.1) is 0 Å². The minimum absolute atomic E-state index is 0.772. The first kappa shape index (κ1) is 12.6. The van der Waals surface area contributed by atoms with Crippen molar-refractivity contribution >= 4 is 5.69 Å². The van der Waals surface area contributed by atoms with Crippen molar-refractivity contribution in [2.24, 2.45) is 0 Å². The van der Waals surface area contributed by atoms with Crippen molar-refractivity contribution in [3.05, 3.63) is 58.9 Å². The van der Waals surface area contributed by atoms with Crippen LogP contribution in [0.15, 0.2) is 36.4 Å². The molecule has 0 saturated carbocycles. The average Bonchev–Trinajstić information content (AvgIpc) is 2.38. The molecule has 0 aliphatic heterocycles. The number of hydrogen-bond donors (Lipinski definition) is 1. The summed E-state index contributed by atoms with van der Waals surface area (Å²) >= 11 is 0. The van der Waals surface area contributed by atoms with E-state index in [1.807, 2.05) is 19.1 Å². The van der Waals surface area contributed by atoms with Crippen LogP contribution in [0.3, 0.4) is 0 Å². The fourth-order valence-corrected chi connectivity index (χ4v) is 2.05. The normalized spacial score (nSPS) is 10.4. The summed E-state index contributed by atoms with van der Waals surface area (Å²) in [5.41, 5.74) is 6.07. The highest BCUT2D eigenvalue weighted by Gasteiger charge is 1.99. The van der Waals surface area contributed by atoms with E-state index in [1.165, 1.54) is 16.8 Å². The SMILES string of the molecule is CCc1cc(NCc2cccc(C)n2)ccc1C. The lowest BCUT2D eigenvalue weighted by Crippen LogP contribution is -2.03. The van der Waals surface area contributed by atoms with Crippen molar-refractivity contribution < 1.29 is 0 Å². The molecule has 2 nitrogen and oxygen atoms in total. The van der Waals surface area contributed by atoms with Gasteiger partial charge in [0.2, 0.25) is 0 Å². The van der Waals surface area contributed by atoms with Gasteiger partial charge < -0.3 is 5.32 Å². The molecule has 2 rings (SSSR count). The van der Waals surface area contributed by atoms with Gasteiger partial charge in [-0.3, -0.25) is 4.98 Å². The number of benzene rings is 1. The van der Waals surface area contributed by atoms with Crippen LogP contribution < -0.4 is 5.32 Å². The van der Waals surface area contributed by atoms with Crippen LogP contribution in [0.1, 0.15) is 29.4 Å². The summed E-state index contributed by atoms with van der Waals surface area (Å²) in [5, 5.41) is 3.43. The smallest absolute Gasteiger partial charge is 0.0597 e. The lowest BCUT2D eigenvalue weighted by atomic mass is 10.1. The molecule has 1 aromatic carbocycles. The fraction of sp³-hybridized carbons (Fsp3) is 0.312. The Hall–Kier alpha value is -1.83. The molecule has 2 aromatic rings.